The van der Waals surface area contributed by atoms with Crippen LogP contribution in [0.1, 0.15) is 43.7 Å². The van der Waals surface area contributed by atoms with Gasteiger partial charge in [-0.1, -0.05) is 49.2 Å². The van der Waals surface area contributed by atoms with Gasteiger partial charge in [-0.2, -0.15) is 5.26 Å². The van der Waals surface area contributed by atoms with Gasteiger partial charge in [0.1, 0.15) is 0 Å². The summed E-state index contributed by atoms with van der Waals surface area (Å²) in [6, 6.07) is 18.3. The minimum atomic E-state index is -0.926. The molecule has 27 heavy (non-hydrogen) atoms. The summed E-state index contributed by atoms with van der Waals surface area (Å²) in [5, 5.41) is 11.6. The maximum Gasteiger partial charge on any atom is 0.317 e. The number of nitrogens with one attached hydrogen (secondary N) is 1. The molecule has 0 aromatic heterocycles. The first kappa shape index (κ1) is 18.7. The lowest BCUT2D eigenvalue weighted by atomic mass is 9.79. The second-order valence-corrected chi connectivity index (χ2v) is 6.88. The van der Waals surface area contributed by atoms with Gasteiger partial charge < -0.3 is 10.1 Å². The number of anilines is 1. The average molecular weight is 362 g/mol. The number of rotatable bonds is 5. The molecule has 0 radical (unpaired) electrons. The molecule has 1 saturated carbocycles. The van der Waals surface area contributed by atoms with Crippen molar-refractivity contribution in [3.05, 3.63) is 65.7 Å². The monoisotopic (exact) mass is 362 g/mol. The van der Waals surface area contributed by atoms with E-state index in [9.17, 15) is 9.59 Å². The molecule has 2 aromatic rings. The maximum absolute atomic E-state index is 13.0. The Bertz CT molecular complexity index is 865. The van der Waals surface area contributed by atoms with E-state index in [1.165, 1.54) is 0 Å². The zero-order chi connectivity index (χ0) is 19.3. The van der Waals surface area contributed by atoms with Crippen LogP contribution < -0.4 is 5.32 Å². The van der Waals surface area contributed by atoms with Crippen LogP contribution in [0.25, 0.3) is 0 Å². The Kier molecular flexibility index (Phi) is 5.56. The zero-order valence-electron chi connectivity index (χ0n) is 15.3. The number of carbonyl (C=O) groups is 2. The molecule has 1 amide bonds. The molecular weight excluding hydrogens is 340 g/mol. The van der Waals surface area contributed by atoms with Crippen LogP contribution in [0.4, 0.5) is 5.69 Å². The molecule has 1 atom stereocenters. The van der Waals surface area contributed by atoms with E-state index in [1.807, 2.05) is 36.4 Å². The lowest BCUT2D eigenvalue weighted by Gasteiger charge is -2.28. The smallest absolute Gasteiger partial charge is 0.317 e. The maximum atomic E-state index is 13.0. The largest absolute Gasteiger partial charge is 0.452 e. The zero-order valence-corrected chi connectivity index (χ0v) is 15.3. The van der Waals surface area contributed by atoms with Gasteiger partial charge in [-0.3, -0.25) is 9.59 Å². The molecule has 0 aliphatic heterocycles. The summed E-state index contributed by atoms with van der Waals surface area (Å²) in [7, 11) is 0. The number of hydrogen-bond donors (Lipinski definition) is 1. The number of nitriles is 1. The Hall–Kier alpha value is -3.13. The van der Waals surface area contributed by atoms with Crippen molar-refractivity contribution >= 4 is 17.6 Å². The fourth-order valence-corrected chi connectivity index (χ4v) is 3.58. The molecule has 1 fully saturated rings. The second kappa shape index (κ2) is 8.05. The predicted molar refractivity (Wildman–Crippen MR) is 102 cm³/mol. The van der Waals surface area contributed by atoms with E-state index in [-0.39, 0.29) is 5.97 Å². The molecule has 0 saturated heterocycles. The first-order valence-electron chi connectivity index (χ1n) is 9.13. The molecule has 3 rings (SSSR count). The van der Waals surface area contributed by atoms with Crippen molar-refractivity contribution < 1.29 is 14.3 Å². The highest BCUT2D eigenvalue weighted by molar-refractivity contribution is 5.96. The first-order chi connectivity index (χ1) is 13.0. The fraction of sp³-hybridized carbons (Fsp3) is 0.318. The average Bonchev–Trinajstić information content (AvgIpc) is 3.20. The van der Waals surface area contributed by atoms with Crippen molar-refractivity contribution in [2.75, 3.05) is 5.32 Å². The standard InChI is InChI=1S/C22H22N2O3/c1-16(20(25)24-19-11-7-8-17(14-19)15-23)27-21(26)22(12-5-6-13-22)18-9-3-2-4-10-18/h2-4,7-11,14,16H,5-6,12-13H2,1H3,(H,24,25)/t16-/m1/s1. The van der Waals surface area contributed by atoms with Crippen LogP contribution in [0.3, 0.4) is 0 Å². The molecule has 1 N–H and O–H groups in total. The number of nitrogens with zero attached hydrogens (tertiary/aromatic N) is 1. The number of hydrogen-bond acceptors (Lipinski definition) is 4. The highest BCUT2D eigenvalue weighted by atomic mass is 16.5. The molecule has 5 nitrogen and oxygen atoms in total. The third-order valence-corrected chi connectivity index (χ3v) is 5.09. The van der Waals surface area contributed by atoms with Crippen LogP contribution in [-0.2, 0) is 19.7 Å². The minimum Gasteiger partial charge on any atom is -0.452 e. The van der Waals surface area contributed by atoms with Gasteiger partial charge in [0.15, 0.2) is 6.10 Å². The summed E-state index contributed by atoms with van der Waals surface area (Å²) in [4.78, 5) is 25.4. The van der Waals surface area contributed by atoms with Gasteiger partial charge in [0.25, 0.3) is 5.91 Å². The number of ether oxygens (including phenoxy) is 1. The van der Waals surface area contributed by atoms with Gasteiger partial charge >= 0.3 is 5.97 Å². The highest BCUT2D eigenvalue weighted by Crippen LogP contribution is 2.42. The van der Waals surface area contributed by atoms with E-state index >= 15 is 0 Å². The van der Waals surface area contributed by atoms with Crippen LogP contribution in [0.2, 0.25) is 0 Å². The van der Waals surface area contributed by atoms with E-state index < -0.39 is 17.4 Å². The molecule has 2 aromatic carbocycles. The molecule has 138 valence electrons. The van der Waals surface area contributed by atoms with Crippen molar-refractivity contribution in [2.45, 2.75) is 44.1 Å². The van der Waals surface area contributed by atoms with Gasteiger partial charge in [0.2, 0.25) is 0 Å². The predicted octanol–water partition coefficient (Wildman–Crippen LogP) is 3.94. The van der Waals surface area contributed by atoms with Crippen LogP contribution in [-0.4, -0.2) is 18.0 Å². The summed E-state index contributed by atoms with van der Waals surface area (Å²) < 4.78 is 5.57. The SMILES string of the molecule is C[C@@H](OC(=O)C1(c2ccccc2)CCCC1)C(=O)Nc1cccc(C#N)c1. The Morgan fingerprint density at radius 3 is 2.48 bits per heavy atom. The van der Waals surface area contributed by atoms with E-state index in [0.717, 1.165) is 31.2 Å². The molecule has 0 bridgehead atoms. The first-order valence-corrected chi connectivity index (χ1v) is 9.13. The van der Waals surface area contributed by atoms with Crippen molar-refractivity contribution in [1.82, 2.24) is 0 Å². The van der Waals surface area contributed by atoms with E-state index in [0.29, 0.717) is 11.3 Å². The second-order valence-electron chi connectivity index (χ2n) is 6.88. The summed E-state index contributed by atoms with van der Waals surface area (Å²) in [5.74, 6) is -0.765. The van der Waals surface area contributed by atoms with Gasteiger partial charge in [0, 0.05) is 5.69 Å². The highest BCUT2D eigenvalue weighted by Gasteiger charge is 2.45. The Labute approximate surface area is 159 Å². The van der Waals surface area contributed by atoms with E-state index in [4.69, 9.17) is 10.00 Å². The third-order valence-electron chi connectivity index (χ3n) is 5.09. The van der Waals surface area contributed by atoms with E-state index in [1.54, 1.807) is 31.2 Å². The molecule has 5 heteroatoms. The minimum absolute atomic E-state index is 0.348. The topological polar surface area (TPSA) is 79.2 Å². The summed E-state index contributed by atoms with van der Waals surface area (Å²) in [6.07, 6.45) is 2.46. The van der Waals surface area contributed by atoms with Crippen LogP contribution in [0.5, 0.6) is 0 Å². The summed E-state index contributed by atoms with van der Waals surface area (Å²) in [5.41, 5.74) is 1.23. The van der Waals surface area contributed by atoms with Gasteiger partial charge in [-0.15, -0.1) is 0 Å². The third kappa shape index (κ3) is 4.01. The Morgan fingerprint density at radius 1 is 1.11 bits per heavy atom. The quantitative estimate of drug-likeness (QED) is 0.817. The number of amides is 1. The van der Waals surface area contributed by atoms with Crippen LogP contribution >= 0.6 is 0 Å². The van der Waals surface area contributed by atoms with Gasteiger partial charge in [0.05, 0.1) is 17.0 Å². The molecule has 0 unspecified atom stereocenters. The van der Waals surface area contributed by atoms with E-state index in [2.05, 4.69) is 5.32 Å². The van der Waals surface area contributed by atoms with Crippen molar-refractivity contribution in [3.8, 4) is 6.07 Å². The van der Waals surface area contributed by atoms with Crippen molar-refractivity contribution in [3.63, 3.8) is 0 Å². The lowest BCUT2D eigenvalue weighted by molar-refractivity contribution is -0.159. The van der Waals surface area contributed by atoms with Crippen molar-refractivity contribution in [2.24, 2.45) is 0 Å². The lowest BCUT2D eigenvalue weighted by Crippen LogP contribution is -2.39. The number of carbonyl (C=O) groups excluding carboxylic acids is 2. The molecular formula is C22H22N2O3. The summed E-state index contributed by atoms with van der Waals surface area (Å²) in [6.45, 7) is 1.56. The normalized spacial score (nSPS) is 16.1. The molecule has 0 spiro atoms. The fourth-order valence-electron chi connectivity index (χ4n) is 3.58. The van der Waals surface area contributed by atoms with Crippen LogP contribution in [0, 0.1) is 11.3 Å². The molecule has 1 aliphatic rings. The van der Waals surface area contributed by atoms with Gasteiger partial charge in [-0.25, -0.2) is 0 Å². The molecule has 0 heterocycles. The number of benzene rings is 2. The molecule has 1 aliphatic carbocycles. The Morgan fingerprint density at radius 2 is 1.81 bits per heavy atom. The van der Waals surface area contributed by atoms with Crippen LogP contribution in [0.15, 0.2) is 54.6 Å². The summed E-state index contributed by atoms with van der Waals surface area (Å²) >= 11 is 0. The van der Waals surface area contributed by atoms with Gasteiger partial charge in [-0.05, 0) is 43.5 Å². The van der Waals surface area contributed by atoms with Crippen molar-refractivity contribution in [1.29, 1.82) is 5.26 Å². The Balaban J connectivity index is 1.70. The number of esters is 1.